The van der Waals surface area contributed by atoms with Crippen LogP contribution in [0, 0.1) is 20.8 Å². The van der Waals surface area contributed by atoms with Gasteiger partial charge in [0, 0.05) is 11.4 Å². The zero-order chi connectivity index (χ0) is 23.3. The van der Waals surface area contributed by atoms with Crippen molar-refractivity contribution in [2.24, 2.45) is 0 Å². The van der Waals surface area contributed by atoms with Gasteiger partial charge in [-0.25, -0.2) is 8.42 Å². The largest absolute Gasteiger partial charge is 0.480 e. The fourth-order valence-corrected chi connectivity index (χ4v) is 4.14. The first kappa shape index (κ1) is 23.3. The Labute approximate surface area is 189 Å². The second kappa shape index (κ2) is 9.87. The third-order valence-electron chi connectivity index (χ3n) is 5.01. The molecule has 0 saturated heterocycles. The summed E-state index contributed by atoms with van der Waals surface area (Å²) in [7, 11) is -3.73. The van der Waals surface area contributed by atoms with Gasteiger partial charge < -0.3 is 10.1 Å². The third-order valence-corrected chi connectivity index (χ3v) is 6.41. The van der Waals surface area contributed by atoms with Crippen molar-refractivity contribution in [2.75, 3.05) is 10.0 Å². The van der Waals surface area contributed by atoms with Crippen molar-refractivity contribution in [3.05, 3.63) is 83.4 Å². The molecule has 0 aromatic heterocycles. The molecule has 0 fully saturated rings. The van der Waals surface area contributed by atoms with Crippen LogP contribution in [0.5, 0.6) is 5.75 Å². The van der Waals surface area contributed by atoms with E-state index in [1.807, 2.05) is 58.0 Å². The highest BCUT2D eigenvalue weighted by molar-refractivity contribution is 7.92. The van der Waals surface area contributed by atoms with Gasteiger partial charge in [-0.1, -0.05) is 36.8 Å². The van der Waals surface area contributed by atoms with Crippen LogP contribution in [-0.4, -0.2) is 20.4 Å². The molecular weight excluding hydrogens is 424 g/mol. The van der Waals surface area contributed by atoms with Crippen molar-refractivity contribution in [1.82, 2.24) is 0 Å². The van der Waals surface area contributed by atoms with Crippen LogP contribution in [0.1, 0.15) is 30.0 Å². The minimum atomic E-state index is -3.73. The molecule has 168 valence electrons. The molecule has 0 radical (unpaired) electrons. The van der Waals surface area contributed by atoms with Gasteiger partial charge in [0.1, 0.15) is 5.75 Å². The molecule has 0 saturated carbocycles. The van der Waals surface area contributed by atoms with Crippen LogP contribution in [0.2, 0.25) is 0 Å². The first-order valence-electron chi connectivity index (χ1n) is 10.4. The number of anilines is 2. The van der Waals surface area contributed by atoms with E-state index >= 15 is 0 Å². The number of rotatable bonds is 8. The van der Waals surface area contributed by atoms with Crippen molar-refractivity contribution in [3.63, 3.8) is 0 Å². The molecule has 6 nitrogen and oxygen atoms in total. The van der Waals surface area contributed by atoms with E-state index in [-0.39, 0.29) is 10.8 Å². The number of amides is 1. The average molecular weight is 453 g/mol. The molecule has 1 atom stereocenters. The lowest BCUT2D eigenvalue weighted by atomic mass is 10.1. The van der Waals surface area contributed by atoms with Gasteiger partial charge in [0.25, 0.3) is 15.9 Å². The van der Waals surface area contributed by atoms with Crippen LogP contribution in [0.4, 0.5) is 11.4 Å². The van der Waals surface area contributed by atoms with Gasteiger partial charge in [0.05, 0.1) is 4.90 Å². The van der Waals surface area contributed by atoms with E-state index in [0.29, 0.717) is 23.5 Å². The second-order valence-corrected chi connectivity index (χ2v) is 9.45. The molecule has 3 rings (SSSR count). The zero-order valence-electron chi connectivity index (χ0n) is 18.7. The van der Waals surface area contributed by atoms with Crippen LogP contribution in [0.3, 0.4) is 0 Å². The van der Waals surface area contributed by atoms with E-state index in [0.717, 1.165) is 16.7 Å². The quantitative estimate of drug-likeness (QED) is 0.491. The van der Waals surface area contributed by atoms with Crippen molar-refractivity contribution < 1.29 is 17.9 Å². The van der Waals surface area contributed by atoms with E-state index < -0.39 is 16.1 Å². The number of hydrogen-bond acceptors (Lipinski definition) is 4. The molecule has 0 heterocycles. The number of carbonyl (C=O) groups is 1. The number of benzene rings is 3. The van der Waals surface area contributed by atoms with E-state index in [1.165, 1.54) is 12.1 Å². The molecule has 3 aromatic rings. The molecule has 7 heteroatoms. The Balaban J connectivity index is 1.67. The number of ether oxygens (including phenoxy) is 1. The molecule has 3 aromatic carbocycles. The van der Waals surface area contributed by atoms with Crippen LogP contribution >= 0.6 is 0 Å². The summed E-state index contributed by atoms with van der Waals surface area (Å²) in [6.07, 6.45) is -0.172. The fourth-order valence-electron chi connectivity index (χ4n) is 3.09. The molecular formula is C25H28N2O4S. The third kappa shape index (κ3) is 5.88. The fraction of sp³-hybridized carbons (Fsp3) is 0.240. The standard InChI is InChI=1S/C25H28N2O4S/c1-5-23(31-24-16-18(3)6-9-19(24)4)25(28)26-20-12-14-22(15-13-20)32(29,30)27-21-10-7-17(2)8-11-21/h6-16,23,27H,5H2,1-4H3,(H,26,28)/t23-/m1/s1. The highest BCUT2D eigenvalue weighted by atomic mass is 32.2. The lowest BCUT2D eigenvalue weighted by Gasteiger charge is -2.19. The Bertz CT molecular complexity index is 1190. The van der Waals surface area contributed by atoms with E-state index in [2.05, 4.69) is 10.0 Å². The highest BCUT2D eigenvalue weighted by Gasteiger charge is 2.20. The SMILES string of the molecule is CC[C@@H](Oc1cc(C)ccc1C)C(=O)Nc1ccc(S(=O)(=O)Nc2ccc(C)cc2)cc1. The molecule has 0 aliphatic carbocycles. The average Bonchev–Trinajstić information content (AvgIpc) is 2.76. The van der Waals surface area contributed by atoms with Crippen molar-refractivity contribution in [3.8, 4) is 5.75 Å². The number of nitrogens with one attached hydrogen (secondary N) is 2. The van der Waals surface area contributed by atoms with Gasteiger partial charge >= 0.3 is 0 Å². The summed E-state index contributed by atoms with van der Waals surface area (Å²) in [5, 5.41) is 2.80. The van der Waals surface area contributed by atoms with Gasteiger partial charge in [-0.2, -0.15) is 0 Å². The second-order valence-electron chi connectivity index (χ2n) is 7.77. The van der Waals surface area contributed by atoms with Crippen LogP contribution in [0.25, 0.3) is 0 Å². The van der Waals surface area contributed by atoms with Crippen molar-refractivity contribution in [1.29, 1.82) is 0 Å². The summed E-state index contributed by atoms with van der Waals surface area (Å²) in [5.41, 5.74) is 4.03. The van der Waals surface area contributed by atoms with Gasteiger partial charge in [0.2, 0.25) is 0 Å². The first-order chi connectivity index (χ1) is 15.2. The number of sulfonamides is 1. The van der Waals surface area contributed by atoms with Crippen LogP contribution < -0.4 is 14.8 Å². The summed E-state index contributed by atoms with van der Waals surface area (Å²) in [6.45, 7) is 7.71. The van der Waals surface area contributed by atoms with Gasteiger partial charge in [-0.3, -0.25) is 9.52 Å². The smallest absolute Gasteiger partial charge is 0.265 e. The summed E-state index contributed by atoms with van der Waals surface area (Å²) in [4.78, 5) is 12.8. The lowest BCUT2D eigenvalue weighted by Crippen LogP contribution is -2.32. The van der Waals surface area contributed by atoms with Crippen molar-refractivity contribution in [2.45, 2.75) is 45.1 Å². The van der Waals surface area contributed by atoms with E-state index in [1.54, 1.807) is 24.3 Å². The molecule has 0 aliphatic rings. The molecule has 0 spiro atoms. The predicted molar refractivity (Wildman–Crippen MR) is 128 cm³/mol. The molecule has 0 unspecified atom stereocenters. The summed E-state index contributed by atoms with van der Waals surface area (Å²) < 4.78 is 33.7. The Morgan fingerprint density at radius 3 is 2.09 bits per heavy atom. The number of carbonyl (C=O) groups excluding carboxylic acids is 1. The van der Waals surface area contributed by atoms with E-state index in [4.69, 9.17) is 4.74 Å². The van der Waals surface area contributed by atoms with Crippen LogP contribution in [-0.2, 0) is 14.8 Å². The summed E-state index contributed by atoms with van der Waals surface area (Å²) in [5.74, 6) is 0.386. The highest BCUT2D eigenvalue weighted by Crippen LogP contribution is 2.23. The Hall–Kier alpha value is -3.32. The van der Waals surface area contributed by atoms with Gasteiger partial charge in [0.15, 0.2) is 6.10 Å². The topological polar surface area (TPSA) is 84.5 Å². The van der Waals surface area contributed by atoms with E-state index in [9.17, 15) is 13.2 Å². The number of aryl methyl sites for hydroxylation is 3. The molecule has 0 bridgehead atoms. The molecule has 32 heavy (non-hydrogen) atoms. The van der Waals surface area contributed by atoms with Crippen LogP contribution in [0.15, 0.2) is 71.6 Å². The molecule has 2 N–H and O–H groups in total. The maximum absolute atomic E-state index is 12.7. The predicted octanol–water partition coefficient (Wildman–Crippen LogP) is 5.21. The van der Waals surface area contributed by atoms with Crippen molar-refractivity contribution >= 4 is 27.3 Å². The Morgan fingerprint density at radius 1 is 0.875 bits per heavy atom. The van der Waals surface area contributed by atoms with Gasteiger partial charge in [-0.15, -0.1) is 0 Å². The summed E-state index contributed by atoms with van der Waals surface area (Å²) >= 11 is 0. The maximum atomic E-state index is 12.7. The molecule has 1 amide bonds. The first-order valence-corrected chi connectivity index (χ1v) is 11.9. The van der Waals surface area contributed by atoms with Gasteiger partial charge in [-0.05, 0) is 80.8 Å². The minimum Gasteiger partial charge on any atom is -0.480 e. The maximum Gasteiger partial charge on any atom is 0.265 e. The zero-order valence-corrected chi connectivity index (χ0v) is 19.5. The lowest BCUT2D eigenvalue weighted by molar-refractivity contribution is -0.122. The molecule has 0 aliphatic heterocycles. The monoisotopic (exact) mass is 452 g/mol. The minimum absolute atomic E-state index is 0.106. The number of hydrogen-bond donors (Lipinski definition) is 2. The summed E-state index contributed by atoms with van der Waals surface area (Å²) in [6, 6.07) is 19.0. The Kier molecular flexibility index (Phi) is 7.20. The Morgan fingerprint density at radius 2 is 1.47 bits per heavy atom. The normalized spacial score (nSPS) is 12.1.